The van der Waals surface area contributed by atoms with Gasteiger partial charge in [-0.15, -0.1) is 0 Å². The quantitative estimate of drug-likeness (QED) is 0.729. The molecule has 2 aliphatic heterocycles. The Hall–Kier alpha value is -1.54. The van der Waals surface area contributed by atoms with E-state index in [4.69, 9.17) is 0 Å². The Labute approximate surface area is 135 Å². The van der Waals surface area contributed by atoms with Gasteiger partial charge < -0.3 is 4.90 Å². The van der Waals surface area contributed by atoms with Gasteiger partial charge >= 0.3 is 0 Å². The summed E-state index contributed by atoms with van der Waals surface area (Å²) in [4.78, 5) is 2.66. The molecule has 4 rings (SSSR count). The smallest absolute Gasteiger partial charge is 0.122 e. The van der Waals surface area contributed by atoms with Crippen molar-refractivity contribution in [2.75, 3.05) is 18.0 Å². The number of aryl methyl sites for hydroxylation is 2. The lowest BCUT2D eigenvalue weighted by Gasteiger charge is -2.50. The lowest BCUT2D eigenvalue weighted by Crippen LogP contribution is -2.66. The first-order chi connectivity index (χ1) is 10.6. The maximum atomic E-state index is 2.66. The first kappa shape index (κ1) is 14.1. The zero-order chi connectivity index (χ0) is 15.3. The van der Waals surface area contributed by atoms with Gasteiger partial charge in [-0.2, -0.15) is 0 Å². The number of hydrogen-bond donors (Lipinski definition) is 0. The Morgan fingerprint density at radius 3 is 2.55 bits per heavy atom. The van der Waals surface area contributed by atoms with Crippen molar-refractivity contribution in [3.8, 4) is 0 Å². The van der Waals surface area contributed by atoms with Gasteiger partial charge in [-0.05, 0) is 54.6 Å². The van der Waals surface area contributed by atoms with Crippen LogP contribution in [0, 0.1) is 13.8 Å². The van der Waals surface area contributed by atoms with Gasteiger partial charge in [0, 0.05) is 18.8 Å². The average molecular weight is 308 g/mol. The van der Waals surface area contributed by atoms with E-state index < -0.39 is 8.07 Å². The first-order valence-corrected chi connectivity index (χ1v) is 11.1. The Bertz CT molecular complexity index is 709. The summed E-state index contributed by atoms with van der Waals surface area (Å²) >= 11 is 0. The average Bonchev–Trinajstić information content (AvgIpc) is 2.56. The molecular formula is C20H25NSi. The molecule has 0 amide bonds. The monoisotopic (exact) mass is 307 g/mol. The molecule has 2 aromatic rings. The largest absolute Gasteiger partial charge is 0.372 e. The molecule has 1 saturated heterocycles. The lowest BCUT2D eigenvalue weighted by molar-refractivity contribution is 0.561. The third-order valence-corrected chi connectivity index (χ3v) is 11.3. The highest BCUT2D eigenvalue weighted by Gasteiger charge is 2.47. The van der Waals surface area contributed by atoms with E-state index in [1.165, 1.54) is 42.7 Å². The van der Waals surface area contributed by atoms with Crippen molar-refractivity contribution in [2.45, 2.75) is 38.8 Å². The van der Waals surface area contributed by atoms with Crippen LogP contribution in [-0.2, 0) is 0 Å². The standard InChI is InChI=1S/C20H25NSi/c1-15-12-19-20(13-16(15)2)22(3,17-8-5-4-6-9-17)18-10-7-11-21(19)14-18/h4-6,8-9,12-13,18H,7,10-11,14H2,1-3H3/t18?,22-/m1/s1. The molecule has 1 unspecified atom stereocenters. The SMILES string of the molecule is Cc1cc2c(cc1C)[Si@](C)(c1ccccc1)C1CCCN2C1. The van der Waals surface area contributed by atoms with Crippen LogP contribution in [0.3, 0.4) is 0 Å². The van der Waals surface area contributed by atoms with Crippen molar-refractivity contribution in [3.05, 3.63) is 53.6 Å². The normalized spacial score (nSPS) is 26.7. The van der Waals surface area contributed by atoms with E-state index in [1.54, 1.807) is 10.4 Å². The summed E-state index contributed by atoms with van der Waals surface area (Å²) in [5, 5.41) is 3.30. The van der Waals surface area contributed by atoms with Crippen LogP contribution in [-0.4, -0.2) is 21.2 Å². The minimum atomic E-state index is -1.65. The van der Waals surface area contributed by atoms with E-state index in [0.29, 0.717) is 0 Å². The molecule has 0 saturated carbocycles. The summed E-state index contributed by atoms with van der Waals surface area (Å²) in [6.45, 7) is 9.66. The number of fused-ring (bicyclic) bond motifs is 4. The molecular weight excluding hydrogens is 282 g/mol. The summed E-state index contributed by atoms with van der Waals surface area (Å²) < 4.78 is 0. The molecule has 2 aromatic carbocycles. The molecule has 2 heterocycles. The second kappa shape index (κ2) is 4.99. The van der Waals surface area contributed by atoms with E-state index in [2.05, 4.69) is 67.8 Å². The van der Waals surface area contributed by atoms with Gasteiger partial charge in [0.05, 0.1) is 0 Å². The number of benzene rings is 2. The van der Waals surface area contributed by atoms with E-state index in [-0.39, 0.29) is 0 Å². The van der Waals surface area contributed by atoms with Crippen molar-refractivity contribution >= 4 is 24.1 Å². The van der Waals surface area contributed by atoms with Gasteiger partial charge in [0.2, 0.25) is 0 Å². The maximum Gasteiger partial charge on any atom is 0.122 e. The lowest BCUT2D eigenvalue weighted by atomic mass is 10.0. The van der Waals surface area contributed by atoms with Crippen LogP contribution in [0.5, 0.6) is 0 Å². The summed E-state index contributed by atoms with van der Waals surface area (Å²) in [5.74, 6) is 0. The van der Waals surface area contributed by atoms with E-state index >= 15 is 0 Å². The topological polar surface area (TPSA) is 3.24 Å². The molecule has 0 N–H and O–H groups in total. The van der Waals surface area contributed by atoms with Crippen LogP contribution < -0.4 is 15.3 Å². The molecule has 0 aromatic heterocycles. The van der Waals surface area contributed by atoms with Crippen LogP contribution in [0.25, 0.3) is 0 Å². The van der Waals surface area contributed by atoms with E-state index in [0.717, 1.165) is 5.54 Å². The molecule has 2 atom stereocenters. The maximum absolute atomic E-state index is 2.66. The Kier molecular flexibility index (Phi) is 3.19. The molecule has 0 aliphatic carbocycles. The molecule has 2 bridgehead atoms. The minimum absolute atomic E-state index is 0.859. The van der Waals surface area contributed by atoms with E-state index in [9.17, 15) is 0 Å². The summed E-state index contributed by atoms with van der Waals surface area (Å²) in [5.41, 5.74) is 5.29. The number of piperidine rings is 1. The van der Waals surface area contributed by atoms with Crippen LogP contribution in [0.15, 0.2) is 42.5 Å². The number of hydrogen-bond acceptors (Lipinski definition) is 1. The second-order valence-electron chi connectivity index (χ2n) is 7.31. The Morgan fingerprint density at radius 1 is 1.05 bits per heavy atom. The van der Waals surface area contributed by atoms with Crippen molar-refractivity contribution in [3.63, 3.8) is 0 Å². The van der Waals surface area contributed by atoms with Crippen molar-refractivity contribution in [2.24, 2.45) is 0 Å². The number of rotatable bonds is 1. The molecule has 22 heavy (non-hydrogen) atoms. The molecule has 1 fully saturated rings. The summed E-state index contributed by atoms with van der Waals surface area (Å²) in [6, 6.07) is 16.4. The van der Waals surface area contributed by atoms with Gasteiger partial charge in [-0.1, -0.05) is 48.1 Å². The van der Waals surface area contributed by atoms with Gasteiger partial charge in [0.1, 0.15) is 8.07 Å². The Morgan fingerprint density at radius 2 is 1.77 bits per heavy atom. The molecule has 2 heteroatoms. The van der Waals surface area contributed by atoms with Gasteiger partial charge in [0.25, 0.3) is 0 Å². The predicted octanol–water partition coefficient (Wildman–Crippen LogP) is 3.48. The molecule has 114 valence electrons. The van der Waals surface area contributed by atoms with Crippen molar-refractivity contribution in [1.82, 2.24) is 0 Å². The van der Waals surface area contributed by atoms with E-state index in [1.807, 2.05) is 0 Å². The molecule has 2 aliphatic rings. The number of nitrogens with zero attached hydrogens (tertiary/aromatic N) is 1. The Balaban J connectivity index is 1.99. The van der Waals surface area contributed by atoms with Crippen LogP contribution >= 0.6 is 0 Å². The van der Waals surface area contributed by atoms with Crippen LogP contribution in [0.4, 0.5) is 5.69 Å². The zero-order valence-corrected chi connectivity index (χ0v) is 14.9. The number of anilines is 1. The van der Waals surface area contributed by atoms with Gasteiger partial charge in [0.15, 0.2) is 0 Å². The highest BCUT2D eigenvalue weighted by atomic mass is 28.3. The third kappa shape index (κ3) is 1.90. The first-order valence-electron chi connectivity index (χ1n) is 8.53. The van der Waals surface area contributed by atoms with Crippen molar-refractivity contribution in [1.29, 1.82) is 0 Å². The fraction of sp³-hybridized carbons (Fsp3) is 0.400. The molecule has 0 radical (unpaired) electrons. The fourth-order valence-electron chi connectivity index (χ4n) is 4.54. The van der Waals surface area contributed by atoms with Gasteiger partial charge in [-0.3, -0.25) is 0 Å². The van der Waals surface area contributed by atoms with Crippen LogP contribution in [0.2, 0.25) is 12.1 Å². The molecule has 0 spiro atoms. The zero-order valence-electron chi connectivity index (χ0n) is 13.9. The van der Waals surface area contributed by atoms with Gasteiger partial charge in [-0.25, -0.2) is 0 Å². The highest BCUT2D eigenvalue weighted by molar-refractivity contribution is 7.03. The third-order valence-electron chi connectivity index (χ3n) is 6.12. The van der Waals surface area contributed by atoms with Crippen LogP contribution in [0.1, 0.15) is 24.0 Å². The minimum Gasteiger partial charge on any atom is -0.372 e. The molecule has 1 nitrogen and oxygen atoms in total. The predicted molar refractivity (Wildman–Crippen MR) is 98.4 cm³/mol. The second-order valence-corrected chi connectivity index (χ2v) is 11.6. The summed E-state index contributed by atoms with van der Waals surface area (Å²) in [7, 11) is -1.65. The highest BCUT2D eigenvalue weighted by Crippen LogP contribution is 2.40. The van der Waals surface area contributed by atoms with Crippen molar-refractivity contribution < 1.29 is 0 Å². The fourth-order valence-corrected chi connectivity index (χ4v) is 9.29. The summed E-state index contributed by atoms with van der Waals surface area (Å²) in [6.07, 6.45) is 2.76.